The molecular formula is C13H18BrN3O2. The van der Waals surface area contributed by atoms with E-state index in [1.165, 1.54) is 0 Å². The van der Waals surface area contributed by atoms with Gasteiger partial charge in [0.05, 0.1) is 13.2 Å². The zero-order valence-corrected chi connectivity index (χ0v) is 12.4. The quantitative estimate of drug-likeness (QED) is 0.385. The average molecular weight is 328 g/mol. The zero-order chi connectivity index (χ0) is 13.8. The molecule has 0 saturated carbocycles. The highest BCUT2D eigenvalue weighted by Gasteiger charge is 2.28. The predicted molar refractivity (Wildman–Crippen MR) is 77.5 cm³/mol. The van der Waals surface area contributed by atoms with E-state index in [-0.39, 0.29) is 11.9 Å². The number of nitrogens with two attached hydrogens (primary N) is 1. The number of ether oxygens (including phenoxy) is 1. The Labute approximate surface area is 121 Å². The third kappa shape index (κ3) is 3.19. The summed E-state index contributed by atoms with van der Waals surface area (Å²) in [7, 11) is 1.66. The summed E-state index contributed by atoms with van der Waals surface area (Å²) < 4.78 is 6.39. The van der Waals surface area contributed by atoms with Crippen LogP contribution in [-0.4, -0.2) is 35.6 Å². The second-order valence-electron chi connectivity index (χ2n) is 4.61. The normalized spacial score (nSPS) is 20.7. The first-order chi connectivity index (χ1) is 9.15. The molecule has 1 aromatic carbocycles. The van der Waals surface area contributed by atoms with Crippen molar-refractivity contribution >= 4 is 21.8 Å². The summed E-state index contributed by atoms with van der Waals surface area (Å²) in [5.74, 6) is 1.14. The summed E-state index contributed by atoms with van der Waals surface area (Å²) in [6.07, 6.45) is 1.98. The van der Waals surface area contributed by atoms with Crippen molar-refractivity contribution in [2.24, 2.45) is 10.9 Å². The Morgan fingerprint density at radius 3 is 3.11 bits per heavy atom. The molecule has 1 unspecified atom stereocenters. The Hall–Kier alpha value is -1.27. The summed E-state index contributed by atoms with van der Waals surface area (Å²) in [5, 5.41) is 12.0. The van der Waals surface area contributed by atoms with Crippen molar-refractivity contribution in [2.45, 2.75) is 25.4 Å². The number of rotatable bonds is 4. The lowest BCUT2D eigenvalue weighted by Crippen LogP contribution is -2.40. The van der Waals surface area contributed by atoms with Crippen LogP contribution in [-0.2, 0) is 6.54 Å². The van der Waals surface area contributed by atoms with Crippen molar-refractivity contribution in [3.8, 4) is 5.75 Å². The van der Waals surface area contributed by atoms with Gasteiger partial charge in [-0.25, -0.2) is 0 Å². The fourth-order valence-corrected chi connectivity index (χ4v) is 2.91. The number of benzene rings is 1. The fraction of sp³-hybridized carbons (Fsp3) is 0.462. The highest BCUT2D eigenvalue weighted by atomic mass is 79.9. The van der Waals surface area contributed by atoms with E-state index in [0.717, 1.165) is 41.7 Å². The van der Waals surface area contributed by atoms with Crippen LogP contribution in [0.1, 0.15) is 18.4 Å². The van der Waals surface area contributed by atoms with Gasteiger partial charge < -0.3 is 15.7 Å². The maximum absolute atomic E-state index is 8.83. The van der Waals surface area contributed by atoms with Gasteiger partial charge in [0.25, 0.3) is 0 Å². The SMILES string of the molecule is COc1ccc(Br)cc1CN1CCCC1C(N)=NO. The van der Waals surface area contributed by atoms with Gasteiger partial charge in [0.15, 0.2) is 5.84 Å². The van der Waals surface area contributed by atoms with Gasteiger partial charge >= 0.3 is 0 Å². The van der Waals surface area contributed by atoms with Gasteiger partial charge in [0.2, 0.25) is 0 Å². The number of likely N-dealkylation sites (tertiary alicyclic amines) is 1. The van der Waals surface area contributed by atoms with Gasteiger partial charge in [-0.05, 0) is 37.6 Å². The summed E-state index contributed by atoms with van der Waals surface area (Å²) in [4.78, 5) is 2.21. The smallest absolute Gasteiger partial charge is 0.156 e. The fourth-order valence-electron chi connectivity index (χ4n) is 2.51. The van der Waals surface area contributed by atoms with E-state index in [4.69, 9.17) is 15.7 Å². The second kappa shape index (κ2) is 6.25. The molecule has 0 radical (unpaired) electrons. The van der Waals surface area contributed by atoms with Crippen LogP contribution in [0.5, 0.6) is 5.75 Å². The van der Waals surface area contributed by atoms with Crippen LogP contribution >= 0.6 is 15.9 Å². The van der Waals surface area contributed by atoms with Crippen molar-refractivity contribution in [3.63, 3.8) is 0 Å². The summed E-state index contributed by atoms with van der Waals surface area (Å²) >= 11 is 3.47. The maximum Gasteiger partial charge on any atom is 0.156 e. The molecule has 0 spiro atoms. The number of methoxy groups -OCH3 is 1. The molecule has 1 aliphatic rings. The molecule has 0 bridgehead atoms. The van der Waals surface area contributed by atoms with Gasteiger partial charge in [-0.3, -0.25) is 4.90 Å². The van der Waals surface area contributed by atoms with Crippen LogP contribution in [0, 0.1) is 0 Å². The van der Waals surface area contributed by atoms with Crippen molar-refractivity contribution < 1.29 is 9.94 Å². The minimum absolute atomic E-state index is 0.00804. The van der Waals surface area contributed by atoms with E-state index in [1.54, 1.807) is 7.11 Å². The average Bonchev–Trinajstić information content (AvgIpc) is 2.86. The zero-order valence-electron chi connectivity index (χ0n) is 10.8. The molecule has 1 atom stereocenters. The molecule has 3 N–H and O–H groups in total. The lowest BCUT2D eigenvalue weighted by Gasteiger charge is -2.24. The molecular weight excluding hydrogens is 310 g/mol. The number of hydrogen-bond acceptors (Lipinski definition) is 4. The van der Waals surface area contributed by atoms with Crippen LogP contribution in [0.2, 0.25) is 0 Å². The summed E-state index contributed by atoms with van der Waals surface area (Å²) in [6.45, 7) is 1.67. The first-order valence-electron chi connectivity index (χ1n) is 6.19. The molecule has 2 rings (SSSR count). The molecule has 1 aromatic rings. The van der Waals surface area contributed by atoms with E-state index in [2.05, 4.69) is 26.0 Å². The number of nitrogens with zero attached hydrogens (tertiary/aromatic N) is 2. The molecule has 19 heavy (non-hydrogen) atoms. The summed E-state index contributed by atoms with van der Waals surface area (Å²) in [5.41, 5.74) is 6.83. The minimum Gasteiger partial charge on any atom is -0.496 e. The Morgan fingerprint density at radius 1 is 1.63 bits per heavy atom. The third-order valence-corrected chi connectivity index (χ3v) is 3.93. The van der Waals surface area contributed by atoms with Crippen molar-refractivity contribution in [3.05, 3.63) is 28.2 Å². The van der Waals surface area contributed by atoms with E-state index in [0.29, 0.717) is 0 Å². The van der Waals surface area contributed by atoms with E-state index < -0.39 is 0 Å². The van der Waals surface area contributed by atoms with Gasteiger partial charge in [-0.15, -0.1) is 0 Å². The van der Waals surface area contributed by atoms with Crippen molar-refractivity contribution in [1.82, 2.24) is 4.90 Å². The second-order valence-corrected chi connectivity index (χ2v) is 5.53. The van der Waals surface area contributed by atoms with Crippen LogP contribution in [0.3, 0.4) is 0 Å². The standard InChI is InChI=1S/C13H18BrN3O2/c1-19-12-5-4-10(14)7-9(12)8-17-6-2-3-11(17)13(15)16-18/h4-5,7,11,18H,2-3,6,8H2,1H3,(H2,15,16). The summed E-state index contributed by atoms with van der Waals surface area (Å²) in [6, 6.07) is 5.94. The molecule has 6 heteroatoms. The van der Waals surface area contributed by atoms with Crippen LogP contribution in [0.25, 0.3) is 0 Å². The minimum atomic E-state index is 0.00804. The Kier molecular flexibility index (Phi) is 4.66. The lowest BCUT2D eigenvalue weighted by atomic mass is 10.1. The van der Waals surface area contributed by atoms with Crippen LogP contribution in [0.4, 0.5) is 0 Å². The van der Waals surface area contributed by atoms with Crippen molar-refractivity contribution in [2.75, 3.05) is 13.7 Å². The highest BCUT2D eigenvalue weighted by Crippen LogP contribution is 2.27. The van der Waals surface area contributed by atoms with Gasteiger partial charge in [-0.1, -0.05) is 21.1 Å². The number of hydrogen-bond donors (Lipinski definition) is 2. The van der Waals surface area contributed by atoms with Crippen LogP contribution in [0.15, 0.2) is 27.8 Å². The molecule has 1 fully saturated rings. The molecule has 0 aromatic heterocycles. The number of amidine groups is 1. The Balaban J connectivity index is 2.18. The first kappa shape index (κ1) is 14.1. The molecule has 0 aliphatic carbocycles. The Morgan fingerprint density at radius 2 is 2.42 bits per heavy atom. The third-order valence-electron chi connectivity index (χ3n) is 3.44. The largest absolute Gasteiger partial charge is 0.496 e. The van der Waals surface area contributed by atoms with Gasteiger partial charge in [-0.2, -0.15) is 0 Å². The van der Waals surface area contributed by atoms with E-state index >= 15 is 0 Å². The number of halogens is 1. The van der Waals surface area contributed by atoms with Crippen LogP contribution < -0.4 is 10.5 Å². The topological polar surface area (TPSA) is 71.1 Å². The molecule has 1 heterocycles. The monoisotopic (exact) mass is 327 g/mol. The maximum atomic E-state index is 8.83. The Bertz CT molecular complexity index is 479. The van der Waals surface area contributed by atoms with Crippen molar-refractivity contribution in [1.29, 1.82) is 0 Å². The molecule has 0 amide bonds. The molecule has 5 nitrogen and oxygen atoms in total. The first-order valence-corrected chi connectivity index (χ1v) is 6.99. The van der Waals surface area contributed by atoms with E-state index in [1.807, 2.05) is 18.2 Å². The lowest BCUT2D eigenvalue weighted by molar-refractivity contribution is 0.271. The van der Waals surface area contributed by atoms with Gasteiger partial charge in [0.1, 0.15) is 5.75 Å². The highest BCUT2D eigenvalue weighted by molar-refractivity contribution is 9.10. The predicted octanol–water partition coefficient (Wildman–Crippen LogP) is 2.17. The van der Waals surface area contributed by atoms with E-state index in [9.17, 15) is 0 Å². The number of oxime groups is 1. The molecule has 1 saturated heterocycles. The molecule has 1 aliphatic heterocycles. The van der Waals surface area contributed by atoms with Gasteiger partial charge in [0, 0.05) is 16.6 Å². The molecule has 104 valence electrons.